The van der Waals surface area contributed by atoms with Gasteiger partial charge in [-0.1, -0.05) is 29.8 Å². The van der Waals surface area contributed by atoms with Crippen molar-refractivity contribution in [3.05, 3.63) is 57.3 Å². The number of rotatable bonds is 5. The topological polar surface area (TPSA) is 38.3 Å². The molecule has 0 amide bonds. The second kappa shape index (κ2) is 6.68. The Kier molecular flexibility index (Phi) is 4.93. The molecular weight excluding hydrogens is 270 g/mol. The van der Waals surface area contributed by atoms with E-state index in [0.717, 1.165) is 16.7 Å². The van der Waals surface area contributed by atoms with Gasteiger partial charge in [-0.2, -0.15) is 0 Å². The molecule has 0 aliphatic rings. The Morgan fingerprint density at radius 2 is 2.15 bits per heavy atom. The molecule has 0 radical (unpaired) electrons. The molecule has 106 valence electrons. The number of hydrogen-bond donors (Lipinski definition) is 1. The number of benzene rings is 1. The minimum atomic E-state index is -0.429. The van der Waals surface area contributed by atoms with Gasteiger partial charge in [0.25, 0.3) is 0 Å². The lowest BCUT2D eigenvalue weighted by molar-refractivity contribution is -0.143. The van der Waals surface area contributed by atoms with Crippen LogP contribution in [0.3, 0.4) is 0 Å². The van der Waals surface area contributed by atoms with Crippen LogP contribution in [0.2, 0.25) is 0 Å². The second-order valence-corrected chi connectivity index (χ2v) is 5.81. The zero-order valence-electron chi connectivity index (χ0n) is 12.0. The summed E-state index contributed by atoms with van der Waals surface area (Å²) in [5.41, 5.74) is 3.20. The number of nitrogens with one attached hydrogen (secondary N) is 1. The summed E-state index contributed by atoms with van der Waals surface area (Å²) in [4.78, 5) is 13.3. The molecule has 1 aromatic heterocycles. The van der Waals surface area contributed by atoms with E-state index in [0.29, 0.717) is 6.54 Å². The number of hydrogen-bond acceptors (Lipinski definition) is 4. The molecular formula is C16H19NO2S. The van der Waals surface area contributed by atoms with Gasteiger partial charge in [-0.05, 0) is 36.4 Å². The summed E-state index contributed by atoms with van der Waals surface area (Å²) < 4.78 is 4.93. The van der Waals surface area contributed by atoms with Crippen molar-refractivity contribution < 1.29 is 9.53 Å². The van der Waals surface area contributed by atoms with Gasteiger partial charge in [0.05, 0.1) is 7.11 Å². The molecule has 4 heteroatoms. The van der Waals surface area contributed by atoms with Crippen molar-refractivity contribution in [3.8, 4) is 0 Å². The van der Waals surface area contributed by atoms with Crippen molar-refractivity contribution in [1.82, 2.24) is 5.32 Å². The number of carbonyl (C=O) groups excluding carboxylic acids is 1. The summed E-state index contributed by atoms with van der Waals surface area (Å²) in [5.74, 6) is -0.254. The van der Waals surface area contributed by atoms with Gasteiger partial charge in [-0.15, -0.1) is 11.3 Å². The minimum Gasteiger partial charge on any atom is -0.468 e. The molecule has 1 aromatic carbocycles. The molecule has 0 saturated heterocycles. The van der Waals surface area contributed by atoms with Gasteiger partial charge >= 0.3 is 5.97 Å². The Balaban J connectivity index is 2.22. The molecule has 20 heavy (non-hydrogen) atoms. The van der Waals surface area contributed by atoms with Gasteiger partial charge in [0.1, 0.15) is 6.04 Å². The molecule has 1 heterocycles. The first kappa shape index (κ1) is 14.8. The highest BCUT2D eigenvalue weighted by molar-refractivity contribution is 7.09. The average molecular weight is 289 g/mol. The predicted octanol–water partition coefficient (Wildman–Crippen LogP) is 3.37. The Morgan fingerprint density at radius 3 is 2.80 bits per heavy atom. The molecule has 1 N–H and O–H groups in total. The third-order valence-corrected chi connectivity index (χ3v) is 4.12. The quantitative estimate of drug-likeness (QED) is 0.858. The fourth-order valence-electron chi connectivity index (χ4n) is 2.12. The van der Waals surface area contributed by atoms with Crippen LogP contribution < -0.4 is 5.32 Å². The lowest BCUT2D eigenvalue weighted by Gasteiger charge is -2.19. The number of esters is 1. The molecule has 2 rings (SSSR count). The normalized spacial score (nSPS) is 12.2. The Labute approximate surface area is 123 Å². The number of ether oxygens (including phenoxy) is 1. The Morgan fingerprint density at radius 1 is 1.35 bits per heavy atom. The van der Waals surface area contributed by atoms with Crippen LogP contribution in [0.1, 0.15) is 27.6 Å². The van der Waals surface area contributed by atoms with Gasteiger partial charge in [0, 0.05) is 11.4 Å². The molecule has 0 spiro atoms. The summed E-state index contributed by atoms with van der Waals surface area (Å²) >= 11 is 1.67. The number of carbonyl (C=O) groups is 1. The van der Waals surface area contributed by atoms with E-state index in [-0.39, 0.29) is 5.97 Å². The third-order valence-electron chi connectivity index (χ3n) is 3.24. The van der Waals surface area contributed by atoms with Gasteiger partial charge < -0.3 is 4.74 Å². The molecule has 0 fully saturated rings. The van der Waals surface area contributed by atoms with E-state index in [4.69, 9.17) is 4.74 Å². The lowest BCUT2D eigenvalue weighted by Crippen LogP contribution is -2.29. The highest BCUT2D eigenvalue weighted by atomic mass is 32.1. The van der Waals surface area contributed by atoms with Crippen molar-refractivity contribution in [2.45, 2.75) is 26.4 Å². The maximum atomic E-state index is 12.1. The second-order valence-electron chi connectivity index (χ2n) is 4.78. The average Bonchev–Trinajstić information content (AvgIpc) is 2.95. The minimum absolute atomic E-state index is 0.254. The first-order valence-electron chi connectivity index (χ1n) is 6.52. The van der Waals surface area contributed by atoms with E-state index >= 15 is 0 Å². The SMILES string of the molecule is COC(=O)C(NCc1cccs1)c1cc(C)ccc1C. The molecule has 0 aliphatic heterocycles. The van der Waals surface area contributed by atoms with Gasteiger partial charge in [0.2, 0.25) is 0 Å². The van der Waals surface area contributed by atoms with Crippen molar-refractivity contribution in [2.24, 2.45) is 0 Å². The molecule has 1 unspecified atom stereocenters. The molecule has 0 saturated carbocycles. The van der Waals surface area contributed by atoms with Crippen LogP contribution in [-0.2, 0) is 16.1 Å². The highest BCUT2D eigenvalue weighted by Crippen LogP contribution is 2.21. The van der Waals surface area contributed by atoms with Crippen LogP contribution >= 0.6 is 11.3 Å². The van der Waals surface area contributed by atoms with Crippen LogP contribution in [0.5, 0.6) is 0 Å². The van der Waals surface area contributed by atoms with Crippen LogP contribution in [-0.4, -0.2) is 13.1 Å². The van der Waals surface area contributed by atoms with Crippen LogP contribution in [0.4, 0.5) is 0 Å². The first-order valence-corrected chi connectivity index (χ1v) is 7.40. The predicted molar refractivity (Wildman–Crippen MR) is 81.8 cm³/mol. The monoisotopic (exact) mass is 289 g/mol. The Bertz CT molecular complexity index is 578. The lowest BCUT2D eigenvalue weighted by atomic mass is 9.99. The van der Waals surface area contributed by atoms with Crippen molar-refractivity contribution in [3.63, 3.8) is 0 Å². The first-order chi connectivity index (χ1) is 9.61. The summed E-state index contributed by atoms with van der Waals surface area (Å²) in [5, 5.41) is 5.32. The standard InChI is InChI=1S/C16H19NO2S/c1-11-6-7-12(2)14(9-11)15(16(18)19-3)17-10-13-5-4-8-20-13/h4-9,15,17H,10H2,1-3H3. The fourth-order valence-corrected chi connectivity index (χ4v) is 2.78. The van der Waals surface area contributed by atoms with E-state index in [1.54, 1.807) is 11.3 Å². The highest BCUT2D eigenvalue weighted by Gasteiger charge is 2.22. The molecule has 0 bridgehead atoms. The van der Waals surface area contributed by atoms with E-state index in [2.05, 4.69) is 11.4 Å². The van der Waals surface area contributed by atoms with Gasteiger partial charge in [-0.3, -0.25) is 5.32 Å². The third kappa shape index (κ3) is 3.46. The molecule has 0 aliphatic carbocycles. The van der Waals surface area contributed by atoms with Crippen LogP contribution in [0.15, 0.2) is 35.7 Å². The summed E-state index contributed by atoms with van der Waals surface area (Å²) in [6.45, 7) is 4.69. The maximum absolute atomic E-state index is 12.1. The van der Waals surface area contributed by atoms with Crippen LogP contribution in [0, 0.1) is 13.8 Å². The molecule has 2 aromatic rings. The van der Waals surface area contributed by atoms with Crippen LogP contribution in [0.25, 0.3) is 0 Å². The number of thiophene rings is 1. The summed E-state index contributed by atoms with van der Waals surface area (Å²) in [6.07, 6.45) is 0. The zero-order valence-corrected chi connectivity index (χ0v) is 12.8. The zero-order chi connectivity index (χ0) is 14.5. The molecule has 3 nitrogen and oxygen atoms in total. The summed E-state index contributed by atoms with van der Waals surface area (Å²) in [6, 6.07) is 9.75. The molecule has 1 atom stereocenters. The van der Waals surface area contributed by atoms with Crippen molar-refractivity contribution in [2.75, 3.05) is 7.11 Å². The Hall–Kier alpha value is -1.65. The van der Waals surface area contributed by atoms with Gasteiger partial charge in [-0.25, -0.2) is 4.79 Å². The van der Waals surface area contributed by atoms with E-state index in [1.807, 2.05) is 43.5 Å². The van der Waals surface area contributed by atoms with Gasteiger partial charge in [0.15, 0.2) is 0 Å². The van der Waals surface area contributed by atoms with Crippen molar-refractivity contribution in [1.29, 1.82) is 0 Å². The van der Waals surface area contributed by atoms with E-state index < -0.39 is 6.04 Å². The smallest absolute Gasteiger partial charge is 0.327 e. The van der Waals surface area contributed by atoms with Crippen molar-refractivity contribution >= 4 is 17.3 Å². The van der Waals surface area contributed by atoms with E-state index in [9.17, 15) is 4.79 Å². The fraction of sp³-hybridized carbons (Fsp3) is 0.312. The number of aryl methyl sites for hydroxylation is 2. The largest absolute Gasteiger partial charge is 0.468 e. The maximum Gasteiger partial charge on any atom is 0.327 e. The number of methoxy groups -OCH3 is 1. The summed E-state index contributed by atoms with van der Waals surface area (Å²) in [7, 11) is 1.42. The van der Waals surface area contributed by atoms with E-state index in [1.165, 1.54) is 12.0 Å².